The van der Waals surface area contributed by atoms with Crippen LogP contribution >= 0.6 is 0 Å². The molecule has 4 rings (SSSR count). The van der Waals surface area contributed by atoms with Gasteiger partial charge in [0.25, 0.3) is 0 Å². The summed E-state index contributed by atoms with van der Waals surface area (Å²) in [5.41, 5.74) is 2.53. The Kier molecular flexibility index (Phi) is 3.54. The summed E-state index contributed by atoms with van der Waals surface area (Å²) in [6.45, 7) is 5.94. The number of hydrogen-bond acceptors (Lipinski definition) is 5. The molecule has 116 valence electrons. The van der Waals surface area contributed by atoms with Crippen molar-refractivity contribution in [2.75, 3.05) is 36.0 Å². The average molecular weight is 305 g/mol. The molecular weight excluding hydrogens is 286 g/mol. The van der Waals surface area contributed by atoms with E-state index in [2.05, 4.69) is 49.9 Å². The number of aromatic nitrogens is 3. The Morgan fingerprint density at radius 1 is 0.870 bits per heavy atom. The van der Waals surface area contributed by atoms with E-state index < -0.39 is 0 Å². The maximum atomic E-state index is 4.35. The van der Waals surface area contributed by atoms with Crippen molar-refractivity contribution in [1.82, 2.24) is 15.0 Å². The minimum Gasteiger partial charge on any atom is -0.367 e. The van der Waals surface area contributed by atoms with Gasteiger partial charge in [-0.2, -0.15) is 0 Å². The largest absolute Gasteiger partial charge is 0.367 e. The Balaban J connectivity index is 1.60. The van der Waals surface area contributed by atoms with Crippen molar-refractivity contribution in [2.24, 2.45) is 0 Å². The van der Waals surface area contributed by atoms with E-state index >= 15 is 0 Å². The van der Waals surface area contributed by atoms with Crippen LogP contribution in [0.2, 0.25) is 0 Å². The summed E-state index contributed by atoms with van der Waals surface area (Å²) in [6.07, 6.45) is 7.49. The van der Waals surface area contributed by atoms with Gasteiger partial charge in [-0.05, 0) is 24.6 Å². The van der Waals surface area contributed by atoms with Crippen molar-refractivity contribution < 1.29 is 0 Å². The second-order valence-corrected chi connectivity index (χ2v) is 5.85. The van der Waals surface area contributed by atoms with E-state index in [4.69, 9.17) is 0 Å². The maximum Gasteiger partial charge on any atom is 0.225 e. The number of nitrogens with zero attached hydrogens (tertiary/aromatic N) is 5. The average Bonchev–Trinajstić information content (AvgIpc) is 2.62. The van der Waals surface area contributed by atoms with Crippen molar-refractivity contribution >= 4 is 22.4 Å². The third kappa shape index (κ3) is 2.59. The molecule has 23 heavy (non-hydrogen) atoms. The van der Waals surface area contributed by atoms with Gasteiger partial charge in [0.15, 0.2) is 0 Å². The lowest BCUT2D eigenvalue weighted by Crippen LogP contribution is -2.47. The van der Waals surface area contributed by atoms with Gasteiger partial charge in [-0.25, -0.2) is 9.97 Å². The summed E-state index contributed by atoms with van der Waals surface area (Å²) in [5.74, 6) is 0.824. The zero-order valence-corrected chi connectivity index (χ0v) is 13.2. The molecule has 3 heterocycles. The first-order chi connectivity index (χ1) is 11.3. The number of aryl methyl sites for hydroxylation is 1. The third-order valence-corrected chi connectivity index (χ3v) is 4.41. The highest BCUT2D eigenvalue weighted by molar-refractivity contribution is 5.96. The molecule has 1 aliphatic rings. The Bertz CT molecular complexity index is 805. The SMILES string of the molecule is Cc1cncc2cccc(N3CCN(c4ncccn4)CC3)c12. The lowest BCUT2D eigenvalue weighted by atomic mass is 10.1. The van der Waals surface area contributed by atoms with Crippen LogP contribution in [0, 0.1) is 6.92 Å². The van der Waals surface area contributed by atoms with Crippen molar-refractivity contribution in [3.63, 3.8) is 0 Å². The van der Waals surface area contributed by atoms with Crippen LogP contribution in [0.5, 0.6) is 0 Å². The first-order valence-corrected chi connectivity index (χ1v) is 7.93. The van der Waals surface area contributed by atoms with Crippen LogP contribution in [0.25, 0.3) is 10.8 Å². The van der Waals surface area contributed by atoms with Crippen LogP contribution in [0.4, 0.5) is 11.6 Å². The lowest BCUT2D eigenvalue weighted by Gasteiger charge is -2.36. The predicted molar refractivity (Wildman–Crippen MR) is 92.9 cm³/mol. The predicted octanol–water partition coefficient (Wildman–Crippen LogP) is 2.66. The van der Waals surface area contributed by atoms with Crippen LogP contribution in [-0.2, 0) is 0 Å². The summed E-state index contributed by atoms with van der Waals surface area (Å²) >= 11 is 0. The van der Waals surface area contributed by atoms with E-state index in [-0.39, 0.29) is 0 Å². The van der Waals surface area contributed by atoms with E-state index in [0.29, 0.717) is 0 Å². The Morgan fingerprint density at radius 3 is 2.39 bits per heavy atom. The topological polar surface area (TPSA) is 45.2 Å². The minimum absolute atomic E-state index is 0.824. The fourth-order valence-corrected chi connectivity index (χ4v) is 3.25. The van der Waals surface area contributed by atoms with E-state index in [1.54, 1.807) is 12.4 Å². The number of hydrogen-bond donors (Lipinski definition) is 0. The molecule has 0 amide bonds. The zero-order chi connectivity index (χ0) is 15.6. The quantitative estimate of drug-likeness (QED) is 0.728. The molecule has 0 atom stereocenters. The molecule has 0 spiro atoms. The van der Waals surface area contributed by atoms with Crippen molar-refractivity contribution in [3.05, 3.63) is 54.6 Å². The van der Waals surface area contributed by atoms with Gasteiger partial charge in [-0.15, -0.1) is 0 Å². The summed E-state index contributed by atoms with van der Waals surface area (Å²) in [4.78, 5) is 17.7. The minimum atomic E-state index is 0.824. The molecule has 1 saturated heterocycles. The van der Waals surface area contributed by atoms with Crippen LogP contribution < -0.4 is 9.80 Å². The normalized spacial score (nSPS) is 15.2. The summed E-state index contributed by atoms with van der Waals surface area (Å²) in [5, 5.41) is 2.52. The van der Waals surface area contributed by atoms with Gasteiger partial charge >= 0.3 is 0 Å². The highest BCUT2D eigenvalue weighted by Crippen LogP contribution is 2.29. The molecule has 1 aliphatic heterocycles. The molecule has 5 heteroatoms. The molecule has 3 aromatic rings. The molecule has 0 radical (unpaired) electrons. The molecule has 1 fully saturated rings. The molecule has 0 unspecified atom stereocenters. The number of anilines is 2. The zero-order valence-electron chi connectivity index (χ0n) is 13.2. The van der Waals surface area contributed by atoms with Crippen molar-refractivity contribution in [3.8, 4) is 0 Å². The number of rotatable bonds is 2. The van der Waals surface area contributed by atoms with Crippen molar-refractivity contribution in [2.45, 2.75) is 6.92 Å². The monoisotopic (exact) mass is 305 g/mol. The second-order valence-electron chi connectivity index (χ2n) is 5.85. The highest BCUT2D eigenvalue weighted by Gasteiger charge is 2.20. The van der Waals surface area contributed by atoms with Crippen molar-refractivity contribution in [1.29, 1.82) is 0 Å². The van der Waals surface area contributed by atoms with Crippen LogP contribution in [-0.4, -0.2) is 41.1 Å². The number of benzene rings is 1. The Morgan fingerprint density at radius 2 is 1.61 bits per heavy atom. The maximum absolute atomic E-state index is 4.35. The van der Waals surface area contributed by atoms with Crippen LogP contribution in [0.3, 0.4) is 0 Å². The highest BCUT2D eigenvalue weighted by atomic mass is 15.3. The smallest absolute Gasteiger partial charge is 0.225 e. The Hall–Kier alpha value is -2.69. The molecule has 0 aliphatic carbocycles. The van der Waals surface area contributed by atoms with Gasteiger partial charge in [0.05, 0.1) is 0 Å². The fourth-order valence-electron chi connectivity index (χ4n) is 3.25. The summed E-state index contributed by atoms with van der Waals surface area (Å²) in [6, 6.07) is 8.31. The van der Waals surface area contributed by atoms with Gasteiger partial charge in [0, 0.05) is 67.4 Å². The summed E-state index contributed by atoms with van der Waals surface area (Å²) in [7, 11) is 0. The van der Waals surface area contributed by atoms with E-state index in [1.165, 1.54) is 22.0 Å². The molecular formula is C18H19N5. The van der Waals surface area contributed by atoms with E-state index in [9.17, 15) is 0 Å². The molecule has 0 bridgehead atoms. The van der Waals surface area contributed by atoms with E-state index in [0.717, 1.165) is 32.1 Å². The molecule has 5 nitrogen and oxygen atoms in total. The van der Waals surface area contributed by atoms with Gasteiger partial charge < -0.3 is 9.80 Å². The van der Waals surface area contributed by atoms with Gasteiger partial charge in [0.1, 0.15) is 0 Å². The molecule has 0 saturated carbocycles. The standard InChI is InChI=1S/C18H19N5/c1-14-12-19-13-15-4-2-5-16(17(14)15)22-8-10-23(11-9-22)18-20-6-3-7-21-18/h2-7,12-13H,8-11H2,1H3. The van der Waals surface area contributed by atoms with E-state index in [1.807, 2.05) is 18.5 Å². The molecule has 0 N–H and O–H groups in total. The molecule has 1 aromatic carbocycles. The summed E-state index contributed by atoms with van der Waals surface area (Å²) < 4.78 is 0. The third-order valence-electron chi connectivity index (χ3n) is 4.41. The number of fused-ring (bicyclic) bond motifs is 1. The first-order valence-electron chi connectivity index (χ1n) is 7.93. The van der Waals surface area contributed by atoms with Gasteiger partial charge in [-0.3, -0.25) is 4.98 Å². The molecule has 2 aromatic heterocycles. The first kappa shape index (κ1) is 13.9. The lowest BCUT2D eigenvalue weighted by molar-refractivity contribution is 0.641. The number of piperazine rings is 1. The Labute approximate surface area is 135 Å². The fraction of sp³-hybridized carbons (Fsp3) is 0.278. The van der Waals surface area contributed by atoms with Crippen LogP contribution in [0.15, 0.2) is 49.1 Å². The van der Waals surface area contributed by atoms with Gasteiger partial charge in [-0.1, -0.05) is 12.1 Å². The second kappa shape index (κ2) is 5.83. The van der Waals surface area contributed by atoms with Crippen LogP contribution in [0.1, 0.15) is 5.56 Å². The number of pyridine rings is 1. The van der Waals surface area contributed by atoms with Gasteiger partial charge in [0.2, 0.25) is 5.95 Å².